The highest BCUT2D eigenvalue weighted by Gasteiger charge is 2.27. The fourth-order valence-corrected chi connectivity index (χ4v) is 2.04. The summed E-state index contributed by atoms with van der Waals surface area (Å²) in [6.07, 6.45) is 0.240. The Balaban J connectivity index is 2.35. The molecule has 20 heavy (non-hydrogen) atoms. The summed E-state index contributed by atoms with van der Waals surface area (Å²) in [6, 6.07) is 9.50. The van der Waals surface area contributed by atoms with Crippen LogP contribution in [-0.2, 0) is 11.2 Å². The van der Waals surface area contributed by atoms with E-state index < -0.39 is 23.6 Å². The molecule has 0 aliphatic rings. The van der Waals surface area contributed by atoms with E-state index in [9.17, 15) is 15.0 Å². The van der Waals surface area contributed by atoms with Crippen LogP contribution in [0.4, 0.5) is 0 Å². The second kappa shape index (κ2) is 7.41. The molecule has 0 unspecified atom stereocenters. The first-order valence-electron chi connectivity index (χ1n) is 6.96. The van der Waals surface area contributed by atoms with Crippen LogP contribution in [0.3, 0.4) is 0 Å². The Morgan fingerprint density at radius 1 is 1.15 bits per heavy atom. The van der Waals surface area contributed by atoms with Gasteiger partial charge in [0.25, 0.3) is 0 Å². The number of hydrogen-bond donors (Lipinski definition) is 3. The molecule has 0 fully saturated rings. The minimum absolute atomic E-state index is 0.407. The minimum atomic E-state index is -0.836. The summed E-state index contributed by atoms with van der Waals surface area (Å²) in [5.74, 6) is -0.836. The summed E-state index contributed by atoms with van der Waals surface area (Å²) in [5.41, 5.74) is 0.189. The third-order valence-corrected chi connectivity index (χ3v) is 3.61. The van der Waals surface area contributed by atoms with E-state index in [0.717, 1.165) is 5.56 Å². The Kier molecular flexibility index (Phi) is 6.17. The number of carboxylic acids is 1. The lowest BCUT2D eigenvalue weighted by molar-refractivity contribution is -0.147. The van der Waals surface area contributed by atoms with Gasteiger partial charge in [-0.1, -0.05) is 30.3 Å². The molecule has 0 saturated carbocycles. The second-order valence-electron chi connectivity index (χ2n) is 5.91. The van der Waals surface area contributed by atoms with E-state index in [-0.39, 0.29) is 0 Å². The molecule has 1 aromatic carbocycles. The molecule has 0 aromatic heterocycles. The van der Waals surface area contributed by atoms with E-state index in [2.05, 4.69) is 0 Å². The topological polar surface area (TPSA) is 77.8 Å². The van der Waals surface area contributed by atoms with Crippen LogP contribution < -0.4 is 0 Å². The van der Waals surface area contributed by atoms with Gasteiger partial charge in [0.15, 0.2) is 0 Å². The Hall–Kier alpha value is -1.39. The zero-order valence-corrected chi connectivity index (χ0v) is 12.1. The van der Waals surface area contributed by atoms with Gasteiger partial charge < -0.3 is 15.3 Å². The van der Waals surface area contributed by atoms with Gasteiger partial charge in [-0.05, 0) is 38.7 Å². The van der Waals surface area contributed by atoms with E-state index in [4.69, 9.17) is 5.11 Å². The second-order valence-corrected chi connectivity index (χ2v) is 5.91. The lowest BCUT2D eigenvalue weighted by Gasteiger charge is -2.21. The molecule has 1 rings (SSSR count). The van der Waals surface area contributed by atoms with Crippen LogP contribution in [0.5, 0.6) is 0 Å². The number of carboxylic acid groups (broad SMARTS) is 1. The van der Waals surface area contributed by atoms with Crippen LogP contribution in [0, 0.1) is 5.41 Å². The number of rotatable bonds is 8. The van der Waals surface area contributed by atoms with Gasteiger partial charge >= 0.3 is 5.97 Å². The predicted octanol–water partition coefficient (Wildman–Crippen LogP) is 2.23. The highest BCUT2D eigenvalue weighted by atomic mass is 16.4. The molecule has 2 atom stereocenters. The summed E-state index contributed by atoms with van der Waals surface area (Å²) in [5, 5.41) is 28.9. The van der Waals surface area contributed by atoms with Crippen molar-refractivity contribution in [2.75, 3.05) is 0 Å². The van der Waals surface area contributed by atoms with Gasteiger partial charge in [-0.25, -0.2) is 0 Å². The van der Waals surface area contributed by atoms with E-state index in [1.807, 2.05) is 30.3 Å². The van der Waals surface area contributed by atoms with Crippen molar-refractivity contribution in [3.05, 3.63) is 35.9 Å². The van der Waals surface area contributed by atoms with E-state index >= 15 is 0 Å². The smallest absolute Gasteiger partial charge is 0.309 e. The van der Waals surface area contributed by atoms with E-state index in [1.54, 1.807) is 13.8 Å². The summed E-state index contributed by atoms with van der Waals surface area (Å²) < 4.78 is 0. The maximum atomic E-state index is 11.0. The van der Waals surface area contributed by atoms with Crippen molar-refractivity contribution >= 4 is 5.97 Å². The van der Waals surface area contributed by atoms with Crippen LogP contribution in [0.1, 0.15) is 38.7 Å². The molecule has 112 valence electrons. The first-order valence-corrected chi connectivity index (χ1v) is 6.96. The number of aliphatic hydroxyl groups is 2. The van der Waals surface area contributed by atoms with Crippen molar-refractivity contribution in [3.63, 3.8) is 0 Å². The molecule has 0 aliphatic heterocycles. The quantitative estimate of drug-likeness (QED) is 0.682. The number of carbonyl (C=O) groups is 1. The third-order valence-electron chi connectivity index (χ3n) is 3.61. The SMILES string of the molecule is CC(C)(CCC[C@H](O)[C@@H](O)Cc1ccccc1)C(=O)O. The standard InChI is InChI=1S/C16H24O4/c1-16(2,15(19)20)10-6-9-13(17)14(18)11-12-7-4-3-5-8-12/h3-5,7-8,13-14,17-18H,6,9-11H2,1-2H3,(H,19,20)/t13-,14-/m0/s1. The first-order chi connectivity index (χ1) is 9.33. The van der Waals surface area contributed by atoms with Gasteiger partial charge in [-0.3, -0.25) is 4.79 Å². The Bertz CT molecular complexity index is 414. The van der Waals surface area contributed by atoms with Gasteiger partial charge in [0.1, 0.15) is 0 Å². The van der Waals surface area contributed by atoms with Gasteiger partial charge in [-0.15, -0.1) is 0 Å². The molecule has 0 saturated heterocycles. The summed E-state index contributed by atoms with van der Waals surface area (Å²) >= 11 is 0. The molecule has 0 spiro atoms. The zero-order valence-electron chi connectivity index (χ0n) is 12.1. The molecular weight excluding hydrogens is 256 g/mol. The molecule has 0 amide bonds. The zero-order chi connectivity index (χ0) is 15.2. The van der Waals surface area contributed by atoms with Crippen LogP contribution in [0.15, 0.2) is 30.3 Å². The molecule has 0 bridgehead atoms. The summed E-state index contributed by atoms with van der Waals surface area (Å²) in [7, 11) is 0. The van der Waals surface area contributed by atoms with Crippen molar-refractivity contribution in [1.82, 2.24) is 0 Å². The van der Waals surface area contributed by atoms with Crippen molar-refractivity contribution < 1.29 is 20.1 Å². The van der Waals surface area contributed by atoms with Crippen LogP contribution in [-0.4, -0.2) is 33.5 Å². The predicted molar refractivity (Wildman–Crippen MR) is 77.4 cm³/mol. The highest BCUT2D eigenvalue weighted by Crippen LogP contribution is 2.24. The van der Waals surface area contributed by atoms with Crippen molar-refractivity contribution in [2.24, 2.45) is 5.41 Å². The Morgan fingerprint density at radius 2 is 1.75 bits per heavy atom. The average Bonchev–Trinajstić information content (AvgIpc) is 2.39. The minimum Gasteiger partial charge on any atom is -0.481 e. The van der Waals surface area contributed by atoms with Gasteiger partial charge in [0.2, 0.25) is 0 Å². The van der Waals surface area contributed by atoms with E-state index in [0.29, 0.717) is 25.7 Å². The van der Waals surface area contributed by atoms with Gasteiger partial charge in [0.05, 0.1) is 17.6 Å². The Morgan fingerprint density at radius 3 is 2.30 bits per heavy atom. The first kappa shape index (κ1) is 16.7. The van der Waals surface area contributed by atoms with Crippen molar-refractivity contribution in [3.8, 4) is 0 Å². The number of aliphatic carboxylic acids is 1. The lowest BCUT2D eigenvalue weighted by Crippen LogP contribution is -2.29. The molecule has 4 heteroatoms. The molecule has 0 aliphatic carbocycles. The van der Waals surface area contributed by atoms with Crippen LogP contribution >= 0.6 is 0 Å². The molecule has 4 nitrogen and oxygen atoms in total. The molecule has 0 heterocycles. The molecule has 1 aromatic rings. The fourth-order valence-electron chi connectivity index (χ4n) is 2.04. The lowest BCUT2D eigenvalue weighted by atomic mass is 9.86. The average molecular weight is 280 g/mol. The van der Waals surface area contributed by atoms with E-state index in [1.165, 1.54) is 0 Å². The van der Waals surface area contributed by atoms with Crippen molar-refractivity contribution in [2.45, 2.75) is 51.7 Å². The number of aliphatic hydroxyl groups excluding tert-OH is 2. The van der Waals surface area contributed by atoms with Crippen LogP contribution in [0.25, 0.3) is 0 Å². The maximum Gasteiger partial charge on any atom is 0.309 e. The van der Waals surface area contributed by atoms with Gasteiger partial charge in [0, 0.05) is 6.42 Å². The molecular formula is C16H24O4. The largest absolute Gasteiger partial charge is 0.481 e. The fraction of sp³-hybridized carbons (Fsp3) is 0.562. The maximum absolute atomic E-state index is 11.0. The summed E-state index contributed by atoms with van der Waals surface area (Å²) in [6.45, 7) is 3.34. The highest BCUT2D eigenvalue weighted by molar-refractivity contribution is 5.73. The normalized spacial score (nSPS) is 14.8. The van der Waals surface area contributed by atoms with Gasteiger partial charge in [-0.2, -0.15) is 0 Å². The molecule has 0 radical (unpaired) electrons. The monoisotopic (exact) mass is 280 g/mol. The number of benzene rings is 1. The molecule has 3 N–H and O–H groups in total. The van der Waals surface area contributed by atoms with Crippen LogP contribution in [0.2, 0.25) is 0 Å². The van der Waals surface area contributed by atoms with Crippen molar-refractivity contribution in [1.29, 1.82) is 0 Å². The third kappa shape index (κ3) is 5.31. The number of hydrogen-bond acceptors (Lipinski definition) is 3. The Labute approximate surface area is 120 Å². The summed E-state index contributed by atoms with van der Waals surface area (Å²) in [4.78, 5) is 11.0.